The molecule has 37 heavy (non-hydrogen) atoms. The van der Waals surface area contributed by atoms with Crippen molar-refractivity contribution in [2.24, 2.45) is 0 Å². The standard InChI is InChI=1S/C29H41ClN4O3/c1-6-8-9-28(37-21(3)4)26(7-2)34-18-16-33(17-19-34)24-13-11-23(12-14-24)31-29(35)32-25-20-22(30)10-15-27(25)36-5/h2,6,8-10,15,20-21,23-24,26H,11-14,16-19H2,1,3-5H3,(H2,31,32,35)/b8-6-,28-9+. The molecule has 1 aromatic carbocycles. The fraction of sp³-hybridized carbons (Fsp3) is 0.552. The number of urea groups is 1. The summed E-state index contributed by atoms with van der Waals surface area (Å²) in [5, 5.41) is 6.52. The number of allylic oxidation sites excluding steroid dienone is 3. The molecule has 1 saturated carbocycles. The number of rotatable bonds is 9. The molecule has 2 amide bonds. The van der Waals surface area contributed by atoms with Gasteiger partial charge in [-0.05, 0) is 70.7 Å². The topological polar surface area (TPSA) is 66.1 Å². The van der Waals surface area contributed by atoms with Crippen LogP contribution in [0.25, 0.3) is 0 Å². The quantitative estimate of drug-likeness (QED) is 0.259. The van der Waals surface area contributed by atoms with Crippen LogP contribution in [0.3, 0.4) is 0 Å². The van der Waals surface area contributed by atoms with Crippen LogP contribution in [-0.4, -0.2) is 73.3 Å². The van der Waals surface area contributed by atoms with Crippen molar-refractivity contribution in [3.63, 3.8) is 0 Å². The van der Waals surface area contributed by atoms with E-state index < -0.39 is 0 Å². The Labute approximate surface area is 227 Å². The largest absolute Gasteiger partial charge is 0.495 e. The van der Waals surface area contributed by atoms with E-state index in [1.54, 1.807) is 25.3 Å². The average Bonchev–Trinajstić information content (AvgIpc) is 2.88. The number of hydrogen-bond donors (Lipinski definition) is 2. The smallest absolute Gasteiger partial charge is 0.319 e. The first-order valence-corrected chi connectivity index (χ1v) is 13.6. The molecular formula is C29H41ClN4O3. The van der Waals surface area contributed by atoms with E-state index >= 15 is 0 Å². The molecule has 1 atom stereocenters. The Bertz CT molecular complexity index is 987. The van der Waals surface area contributed by atoms with Crippen molar-refractivity contribution >= 4 is 23.3 Å². The minimum atomic E-state index is -0.233. The number of hydrogen-bond acceptors (Lipinski definition) is 5. The van der Waals surface area contributed by atoms with Crippen LogP contribution in [0.15, 0.2) is 42.2 Å². The third kappa shape index (κ3) is 8.43. The molecule has 1 saturated heterocycles. The number of nitrogens with zero attached hydrogens (tertiary/aromatic N) is 2. The zero-order valence-corrected chi connectivity index (χ0v) is 23.3. The highest BCUT2D eigenvalue weighted by atomic mass is 35.5. The number of halogens is 1. The number of terminal acetylenes is 1. The molecule has 8 heteroatoms. The van der Waals surface area contributed by atoms with Gasteiger partial charge in [0.2, 0.25) is 0 Å². The predicted octanol–water partition coefficient (Wildman–Crippen LogP) is 5.29. The van der Waals surface area contributed by atoms with Gasteiger partial charge < -0.3 is 20.1 Å². The number of piperazine rings is 1. The van der Waals surface area contributed by atoms with Crippen LogP contribution >= 0.6 is 11.6 Å². The lowest BCUT2D eigenvalue weighted by molar-refractivity contribution is 0.0482. The molecule has 1 aliphatic heterocycles. The van der Waals surface area contributed by atoms with Crippen LogP contribution in [0.1, 0.15) is 46.5 Å². The molecule has 7 nitrogen and oxygen atoms in total. The average molecular weight is 529 g/mol. The Morgan fingerprint density at radius 3 is 2.49 bits per heavy atom. The molecule has 1 aliphatic carbocycles. The van der Waals surface area contributed by atoms with E-state index in [0.717, 1.165) is 57.6 Å². The van der Waals surface area contributed by atoms with Gasteiger partial charge in [0.1, 0.15) is 17.6 Å². The van der Waals surface area contributed by atoms with Crippen LogP contribution in [0.5, 0.6) is 5.75 Å². The van der Waals surface area contributed by atoms with E-state index in [0.29, 0.717) is 22.5 Å². The number of carbonyl (C=O) groups is 1. The van der Waals surface area contributed by atoms with Gasteiger partial charge in [-0.25, -0.2) is 4.79 Å². The molecule has 0 bridgehead atoms. The number of methoxy groups -OCH3 is 1. The maximum atomic E-state index is 12.6. The van der Waals surface area contributed by atoms with Crippen LogP contribution in [0.4, 0.5) is 10.5 Å². The Morgan fingerprint density at radius 1 is 1.19 bits per heavy atom. The molecule has 3 rings (SSSR count). The third-order valence-electron chi connectivity index (χ3n) is 6.92. The van der Waals surface area contributed by atoms with Crippen LogP contribution in [-0.2, 0) is 4.74 Å². The molecule has 0 aromatic heterocycles. The second-order valence-electron chi connectivity index (χ2n) is 9.85. The van der Waals surface area contributed by atoms with Crippen molar-refractivity contribution < 1.29 is 14.3 Å². The van der Waals surface area contributed by atoms with Crippen molar-refractivity contribution in [1.82, 2.24) is 15.1 Å². The number of anilines is 1. The lowest BCUT2D eigenvalue weighted by Gasteiger charge is -2.43. The van der Waals surface area contributed by atoms with Gasteiger partial charge >= 0.3 is 6.03 Å². The van der Waals surface area contributed by atoms with Crippen molar-refractivity contribution in [2.45, 2.75) is 70.7 Å². The van der Waals surface area contributed by atoms with E-state index in [1.807, 2.05) is 39.0 Å². The number of amides is 2. The molecule has 0 radical (unpaired) electrons. The maximum absolute atomic E-state index is 12.6. The summed E-state index contributed by atoms with van der Waals surface area (Å²) in [6.45, 7) is 9.82. The Balaban J connectivity index is 1.46. The van der Waals surface area contributed by atoms with Crippen molar-refractivity contribution in [3.05, 3.63) is 47.2 Å². The molecular weight excluding hydrogens is 488 g/mol. The molecule has 1 heterocycles. The summed E-state index contributed by atoms with van der Waals surface area (Å²) >= 11 is 6.07. The zero-order valence-electron chi connectivity index (χ0n) is 22.5. The van der Waals surface area contributed by atoms with E-state index in [1.165, 1.54) is 0 Å². The number of carbonyl (C=O) groups excluding carboxylic acids is 1. The highest BCUT2D eigenvalue weighted by molar-refractivity contribution is 6.31. The zero-order chi connectivity index (χ0) is 26.8. The number of ether oxygens (including phenoxy) is 2. The van der Waals surface area contributed by atoms with Gasteiger partial charge in [0.15, 0.2) is 0 Å². The van der Waals surface area contributed by atoms with Crippen molar-refractivity contribution in [2.75, 3.05) is 38.6 Å². The highest BCUT2D eigenvalue weighted by Crippen LogP contribution is 2.28. The van der Waals surface area contributed by atoms with Crippen LogP contribution < -0.4 is 15.4 Å². The van der Waals surface area contributed by atoms with Gasteiger partial charge in [-0.3, -0.25) is 9.80 Å². The monoisotopic (exact) mass is 528 g/mol. The minimum absolute atomic E-state index is 0.0760. The summed E-state index contributed by atoms with van der Waals surface area (Å²) in [5.41, 5.74) is 0.562. The Morgan fingerprint density at radius 2 is 1.89 bits per heavy atom. The fourth-order valence-corrected chi connectivity index (χ4v) is 5.27. The number of benzene rings is 1. The first kappa shape index (κ1) is 28.9. The summed E-state index contributed by atoms with van der Waals surface area (Å²) in [4.78, 5) is 17.5. The summed E-state index contributed by atoms with van der Waals surface area (Å²) < 4.78 is 11.4. The van der Waals surface area contributed by atoms with E-state index in [4.69, 9.17) is 27.5 Å². The SMILES string of the molecule is C#CC(/C(=C\C=C/C)OC(C)C)N1CCN(C2CCC(NC(=O)Nc3cc(Cl)ccc3OC)CC2)CC1. The molecule has 202 valence electrons. The maximum Gasteiger partial charge on any atom is 0.319 e. The fourth-order valence-electron chi connectivity index (χ4n) is 5.09. The summed E-state index contributed by atoms with van der Waals surface area (Å²) in [5.74, 6) is 4.37. The van der Waals surface area contributed by atoms with E-state index in [-0.39, 0.29) is 24.2 Å². The van der Waals surface area contributed by atoms with Gasteiger partial charge in [0.25, 0.3) is 0 Å². The highest BCUT2D eigenvalue weighted by Gasteiger charge is 2.32. The van der Waals surface area contributed by atoms with Gasteiger partial charge in [0.05, 0.1) is 18.9 Å². The molecule has 2 fully saturated rings. The normalized spacial score (nSPS) is 22.5. The first-order valence-electron chi connectivity index (χ1n) is 13.2. The molecule has 0 spiro atoms. The van der Waals surface area contributed by atoms with Gasteiger partial charge in [0, 0.05) is 43.3 Å². The summed E-state index contributed by atoms with van der Waals surface area (Å²) in [6, 6.07) is 5.46. The van der Waals surface area contributed by atoms with Crippen molar-refractivity contribution in [3.8, 4) is 18.1 Å². The lowest BCUT2D eigenvalue weighted by Crippen LogP contribution is -2.54. The van der Waals surface area contributed by atoms with Gasteiger partial charge in [-0.15, -0.1) is 6.42 Å². The molecule has 1 unspecified atom stereocenters. The summed E-state index contributed by atoms with van der Waals surface area (Å²) in [6.07, 6.45) is 16.0. The molecule has 1 aromatic rings. The first-order chi connectivity index (χ1) is 17.8. The van der Waals surface area contributed by atoms with Gasteiger partial charge in [-0.2, -0.15) is 0 Å². The van der Waals surface area contributed by atoms with Crippen molar-refractivity contribution in [1.29, 1.82) is 0 Å². The van der Waals surface area contributed by atoms with Crippen LogP contribution in [0.2, 0.25) is 5.02 Å². The third-order valence-corrected chi connectivity index (χ3v) is 7.16. The van der Waals surface area contributed by atoms with E-state index in [2.05, 4.69) is 26.4 Å². The Kier molecular flexibility index (Phi) is 11.2. The van der Waals surface area contributed by atoms with Gasteiger partial charge in [-0.1, -0.05) is 29.7 Å². The minimum Gasteiger partial charge on any atom is -0.495 e. The second-order valence-corrected chi connectivity index (χ2v) is 10.3. The second kappa shape index (κ2) is 14.3. The van der Waals surface area contributed by atoms with E-state index in [9.17, 15) is 4.79 Å². The molecule has 2 aliphatic rings. The Hall–Kier alpha value is -2.66. The predicted molar refractivity (Wildman–Crippen MR) is 151 cm³/mol. The van der Waals surface area contributed by atoms with Crippen LogP contribution in [0, 0.1) is 12.3 Å². The lowest BCUT2D eigenvalue weighted by atomic mass is 9.90. The molecule has 2 N–H and O–H groups in total. The summed E-state index contributed by atoms with van der Waals surface area (Å²) in [7, 11) is 1.57. The number of nitrogens with one attached hydrogen (secondary N) is 2.